The minimum Gasteiger partial charge on any atom is -0.399 e. The standard InChI is InChI=1S/C12H13BrN2O2S2/c1-15(7-11-5-9(13)8-18-11)19(16,17)12-4-2-3-10(14)6-12/h2-6,8H,7,14H2,1H3. The van der Waals surface area contributed by atoms with Crippen LogP contribution in [0.5, 0.6) is 0 Å². The van der Waals surface area contributed by atoms with E-state index < -0.39 is 10.0 Å². The van der Waals surface area contributed by atoms with E-state index >= 15 is 0 Å². The molecular formula is C12H13BrN2O2S2. The Morgan fingerprint density at radius 1 is 1.37 bits per heavy atom. The van der Waals surface area contributed by atoms with Gasteiger partial charge in [0.05, 0.1) is 4.90 Å². The molecule has 0 amide bonds. The van der Waals surface area contributed by atoms with Crippen LogP contribution in [-0.4, -0.2) is 19.8 Å². The molecule has 0 fully saturated rings. The minimum absolute atomic E-state index is 0.214. The van der Waals surface area contributed by atoms with Gasteiger partial charge in [-0.25, -0.2) is 8.42 Å². The molecule has 2 rings (SSSR count). The second kappa shape index (κ2) is 5.62. The average molecular weight is 361 g/mol. The van der Waals surface area contributed by atoms with Crippen LogP contribution in [0.3, 0.4) is 0 Å². The number of sulfonamides is 1. The molecule has 0 bridgehead atoms. The summed E-state index contributed by atoms with van der Waals surface area (Å²) in [4.78, 5) is 1.19. The van der Waals surface area contributed by atoms with E-state index in [0.29, 0.717) is 12.2 Å². The smallest absolute Gasteiger partial charge is 0.243 e. The summed E-state index contributed by atoms with van der Waals surface area (Å²) < 4.78 is 27.0. The van der Waals surface area contributed by atoms with Crippen LogP contribution in [0.1, 0.15) is 4.88 Å². The fourth-order valence-corrected chi connectivity index (χ4v) is 4.39. The number of hydrogen-bond donors (Lipinski definition) is 1. The Labute approximate surface area is 125 Å². The van der Waals surface area contributed by atoms with Crippen LogP contribution in [-0.2, 0) is 16.6 Å². The summed E-state index contributed by atoms with van der Waals surface area (Å²) in [7, 11) is -1.94. The fraction of sp³-hybridized carbons (Fsp3) is 0.167. The third-order valence-electron chi connectivity index (χ3n) is 2.57. The Hall–Kier alpha value is -0.890. The SMILES string of the molecule is CN(Cc1cc(Br)cs1)S(=O)(=O)c1cccc(N)c1. The molecule has 102 valence electrons. The highest BCUT2D eigenvalue weighted by atomic mass is 79.9. The molecule has 2 aromatic rings. The van der Waals surface area contributed by atoms with Crippen molar-refractivity contribution in [2.45, 2.75) is 11.4 Å². The monoisotopic (exact) mass is 360 g/mol. The summed E-state index contributed by atoms with van der Waals surface area (Å²) in [5.41, 5.74) is 6.06. The molecule has 0 aliphatic rings. The summed E-state index contributed by atoms with van der Waals surface area (Å²) >= 11 is 4.87. The molecule has 0 aliphatic carbocycles. The summed E-state index contributed by atoms with van der Waals surface area (Å²) in [5, 5.41) is 1.93. The van der Waals surface area contributed by atoms with Gasteiger partial charge < -0.3 is 5.73 Å². The van der Waals surface area contributed by atoms with E-state index in [1.54, 1.807) is 25.2 Å². The van der Waals surface area contributed by atoms with Gasteiger partial charge in [0.15, 0.2) is 0 Å². The number of anilines is 1. The number of hydrogen-bond acceptors (Lipinski definition) is 4. The molecule has 7 heteroatoms. The van der Waals surface area contributed by atoms with Gasteiger partial charge in [-0.1, -0.05) is 6.07 Å². The lowest BCUT2D eigenvalue weighted by molar-refractivity contribution is 0.469. The number of thiophene rings is 1. The molecule has 4 nitrogen and oxygen atoms in total. The van der Waals surface area contributed by atoms with Crippen LogP contribution in [0.2, 0.25) is 0 Å². The zero-order valence-corrected chi connectivity index (χ0v) is 13.4. The lowest BCUT2D eigenvalue weighted by Gasteiger charge is -2.16. The first-order valence-electron chi connectivity index (χ1n) is 5.44. The van der Waals surface area contributed by atoms with E-state index in [2.05, 4.69) is 15.9 Å². The second-order valence-electron chi connectivity index (χ2n) is 4.06. The predicted octanol–water partition coefficient (Wildman–Crippen LogP) is 2.91. The van der Waals surface area contributed by atoms with Crippen molar-refractivity contribution in [2.24, 2.45) is 0 Å². The van der Waals surface area contributed by atoms with Gasteiger partial charge in [0.2, 0.25) is 10.0 Å². The van der Waals surface area contributed by atoms with Crippen molar-refractivity contribution in [1.29, 1.82) is 0 Å². The quantitative estimate of drug-likeness (QED) is 0.852. The van der Waals surface area contributed by atoms with Gasteiger partial charge in [-0.2, -0.15) is 4.31 Å². The summed E-state index contributed by atoms with van der Waals surface area (Å²) in [6.07, 6.45) is 0. The number of nitrogens with two attached hydrogens (primary N) is 1. The Morgan fingerprint density at radius 3 is 2.68 bits per heavy atom. The maximum Gasteiger partial charge on any atom is 0.243 e. The number of nitrogen functional groups attached to an aromatic ring is 1. The van der Waals surface area contributed by atoms with E-state index in [4.69, 9.17) is 5.73 Å². The lowest BCUT2D eigenvalue weighted by atomic mass is 10.3. The maximum absolute atomic E-state index is 12.4. The van der Waals surface area contributed by atoms with Gasteiger partial charge in [-0.05, 0) is 40.2 Å². The topological polar surface area (TPSA) is 63.4 Å². The molecule has 0 saturated heterocycles. The average Bonchev–Trinajstić information content (AvgIpc) is 2.74. The Kier molecular flexibility index (Phi) is 4.29. The first-order chi connectivity index (χ1) is 8.89. The van der Waals surface area contributed by atoms with Crippen LogP contribution in [0.25, 0.3) is 0 Å². The van der Waals surface area contributed by atoms with Gasteiger partial charge in [0, 0.05) is 34.0 Å². The predicted molar refractivity (Wildman–Crippen MR) is 81.5 cm³/mol. The molecule has 0 spiro atoms. The van der Waals surface area contributed by atoms with Crippen molar-refractivity contribution >= 4 is 43.0 Å². The van der Waals surface area contributed by atoms with Crippen LogP contribution in [0, 0.1) is 0 Å². The largest absolute Gasteiger partial charge is 0.399 e. The molecule has 2 N–H and O–H groups in total. The summed E-state index contributed by atoms with van der Waals surface area (Å²) in [6, 6.07) is 8.23. The highest BCUT2D eigenvalue weighted by molar-refractivity contribution is 9.10. The third kappa shape index (κ3) is 3.36. The van der Waals surface area contributed by atoms with E-state index in [9.17, 15) is 8.42 Å². The number of halogens is 1. The van der Waals surface area contributed by atoms with Crippen LogP contribution in [0.15, 0.2) is 45.1 Å². The Bertz CT molecular complexity index is 683. The van der Waals surface area contributed by atoms with Crippen molar-refractivity contribution in [3.63, 3.8) is 0 Å². The molecule has 0 unspecified atom stereocenters. The van der Waals surface area contributed by atoms with E-state index in [1.807, 2.05) is 11.4 Å². The molecule has 1 aromatic carbocycles. The first-order valence-corrected chi connectivity index (χ1v) is 8.55. The first kappa shape index (κ1) is 14.5. The van der Waals surface area contributed by atoms with Gasteiger partial charge >= 0.3 is 0 Å². The molecule has 0 aliphatic heterocycles. The van der Waals surface area contributed by atoms with Crippen molar-refractivity contribution in [2.75, 3.05) is 12.8 Å². The zero-order valence-electron chi connectivity index (χ0n) is 10.2. The number of benzene rings is 1. The number of nitrogens with zero attached hydrogens (tertiary/aromatic N) is 1. The van der Waals surface area contributed by atoms with Crippen molar-refractivity contribution in [3.05, 3.63) is 45.1 Å². The van der Waals surface area contributed by atoms with E-state index in [-0.39, 0.29) is 4.90 Å². The second-order valence-corrected chi connectivity index (χ2v) is 8.02. The van der Waals surface area contributed by atoms with Crippen LogP contribution in [0.4, 0.5) is 5.69 Å². The van der Waals surface area contributed by atoms with Crippen molar-refractivity contribution < 1.29 is 8.42 Å². The molecular weight excluding hydrogens is 348 g/mol. The lowest BCUT2D eigenvalue weighted by Crippen LogP contribution is -2.26. The van der Waals surface area contributed by atoms with Gasteiger partial charge in [0.1, 0.15) is 0 Å². The van der Waals surface area contributed by atoms with Gasteiger partial charge in [-0.3, -0.25) is 0 Å². The minimum atomic E-state index is -3.51. The van der Waals surface area contributed by atoms with E-state index in [0.717, 1.165) is 9.35 Å². The van der Waals surface area contributed by atoms with Crippen molar-refractivity contribution in [1.82, 2.24) is 4.31 Å². The molecule has 19 heavy (non-hydrogen) atoms. The summed E-state index contributed by atoms with van der Waals surface area (Å²) in [5.74, 6) is 0. The molecule has 1 heterocycles. The number of rotatable bonds is 4. The van der Waals surface area contributed by atoms with E-state index in [1.165, 1.54) is 21.7 Å². The maximum atomic E-state index is 12.4. The highest BCUT2D eigenvalue weighted by Gasteiger charge is 2.21. The summed E-state index contributed by atoms with van der Waals surface area (Å²) in [6.45, 7) is 0.341. The molecule has 0 saturated carbocycles. The van der Waals surface area contributed by atoms with Gasteiger partial charge in [0.25, 0.3) is 0 Å². The third-order valence-corrected chi connectivity index (χ3v) is 6.05. The zero-order chi connectivity index (χ0) is 14.0. The Morgan fingerprint density at radius 2 is 2.11 bits per heavy atom. The van der Waals surface area contributed by atoms with Crippen LogP contribution < -0.4 is 5.73 Å². The normalized spacial score (nSPS) is 11.9. The van der Waals surface area contributed by atoms with Gasteiger partial charge in [-0.15, -0.1) is 11.3 Å². The fourth-order valence-electron chi connectivity index (χ4n) is 1.60. The molecule has 1 aromatic heterocycles. The Balaban J connectivity index is 2.24. The van der Waals surface area contributed by atoms with Crippen LogP contribution >= 0.6 is 27.3 Å². The molecule has 0 atom stereocenters. The van der Waals surface area contributed by atoms with Crippen molar-refractivity contribution in [3.8, 4) is 0 Å². The highest BCUT2D eigenvalue weighted by Crippen LogP contribution is 2.24. The molecule has 0 radical (unpaired) electrons.